The highest BCUT2D eigenvalue weighted by Gasteiger charge is 2.11. The first kappa shape index (κ1) is 22.4. The number of hydrazone groups is 1. The SMILES string of the molecule is CCOc1c(Br)cc(C=NNC(=O)CCC(=O)Nc2ccc(C)cc2)cc1OC. The maximum atomic E-state index is 11.9. The molecule has 0 saturated heterocycles. The minimum absolute atomic E-state index is 0.0331. The summed E-state index contributed by atoms with van der Waals surface area (Å²) in [6, 6.07) is 11.0. The van der Waals surface area contributed by atoms with Gasteiger partial charge in [0.25, 0.3) is 0 Å². The molecule has 2 aromatic rings. The number of amides is 2. The topological polar surface area (TPSA) is 89.0 Å². The van der Waals surface area contributed by atoms with Crippen LogP contribution in [0.2, 0.25) is 0 Å². The van der Waals surface area contributed by atoms with E-state index in [9.17, 15) is 9.59 Å². The Hall–Kier alpha value is -2.87. The van der Waals surface area contributed by atoms with Crippen LogP contribution in [0.25, 0.3) is 0 Å². The largest absolute Gasteiger partial charge is 0.493 e. The Morgan fingerprint density at radius 1 is 1.14 bits per heavy atom. The number of anilines is 1. The molecule has 7 nitrogen and oxygen atoms in total. The van der Waals surface area contributed by atoms with E-state index < -0.39 is 0 Å². The van der Waals surface area contributed by atoms with Crippen LogP contribution in [0.4, 0.5) is 5.69 Å². The minimum atomic E-state index is -0.350. The summed E-state index contributed by atoms with van der Waals surface area (Å²) in [6.07, 6.45) is 1.59. The van der Waals surface area contributed by atoms with Crippen molar-refractivity contribution in [1.82, 2.24) is 5.43 Å². The number of nitrogens with zero attached hydrogens (tertiary/aromatic N) is 1. The van der Waals surface area contributed by atoms with Gasteiger partial charge in [-0.15, -0.1) is 0 Å². The molecule has 0 atom stereocenters. The fourth-order valence-electron chi connectivity index (χ4n) is 2.42. The number of hydrogen-bond acceptors (Lipinski definition) is 5. The number of hydrogen-bond donors (Lipinski definition) is 2. The van der Waals surface area contributed by atoms with Crippen molar-refractivity contribution in [3.63, 3.8) is 0 Å². The minimum Gasteiger partial charge on any atom is -0.493 e. The van der Waals surface area contributed by atoms with E-state index in [4.69, 9.17) is 9.47 Å². The van der Waals surface area contributed by atoms with Crippen molar-refractivity contribution in [3.05, 3.63) is 52.0 Å². The van der Waals surface area contributed by atoms with Gasteiger partial charge < -0.3 is 14.8 Å². The lowest BCUT2D eigenvalue weighted by molar-refractivity contribution is -0.124. The average molecular weight is 462 g/mol. The molecule has 0 aliphatic rings. The Morgan fingerprint density at radius 3 is 2.48 bits per heavy atom. The molecule has 0 radical (unpaired) electrons. The van der Waals surface area contributed by atoms with Crippen molar-refractivity contribution in [3.8, 4) is 11.5 Å². The predicted molar refractivity (Wildman–Crippen MR) is 117 cm³/mol. The van der Waals surface area contributed by atoms with Crippen LogP contribution < -0.4 is 20.2 Å². The lowest BCUT2D eigenvalue weighted by atomic mass is 10.2. The molecule has 2 rings (SSSR count). The molecule has 2 aromatic carbocycles. The van der Waals surface area contributed by atoms with E-state index in [1.807, 2.05) is 38.1 Å². The van der Waals surface area contributed by atoms with Gasteiger partial charge in [-0.3, -0.25) is 9.59 Å². The third-order valence-corrected chi connectivity index (χ3v) is 4.45. The van der Waals surface area contributed by atoms with Gasteiger partial charge in [0, 0.05) is 18.5 Å². The van der Waals surface area contributed by atoms with Crippen molar-refractivity contribution >= 4 is 39.6 Å². The average Bonchev–Trinajstić information content (AvgIpc) is 2.70. The molecule has 29 heavy (non-hydrogen) atoms. The summed E-state index contributed by atoms with van der Waals surface area (Å²) in [5.41, 5.74) is 4.95. The molecule has 0 saturated carbocycles. The number of carbonyl (C=O) groups is 2. The van der Waals surface area contributed by atoms with Crippen molar-refractivity contribution < 1.29 is 19.1 Å². The summed E-state index contributed by atoms with van der Waals surface area (Å²) in [7, 11) is 1.55. The molecular formula is C21H24BrN3O4. The van der Waals surface area contributed by atoms with Crippen LogP contribution in [0.5, 0.6) is 11.5 Å². The van der Waals surface area contributed by atoms with Crippen LogP contribution in [-0.2, 0) is 9.59 Å². The summed E-state index contributed by atoms with van der Waals surface area (Å²) in [5, 5.41) is 6.68. The molecule has 2 N–H and O–H groups in total. The summed E-state index contributed by atoms with van der Waals surface area (Å²) in [6.45, 7) is 4.37. The van der Waals surface area contributed by atoms with Crippen LogP contribution in [0, 0.1) is 6.92 Å². The van der Waals surface area contributed by atoms with Gasteiger partial charge in [0.2, 0.25) is 11.8 Å². The Kier molecular flexibility index (Phi) is 8.67. The number of carbonyl (C=O) groups excluding carboxylic acids is 2. The number of benzene rings is 2. The van der Waals surface area contributed by atoms with Crippen molar-refractivity contribution in [2.24, 2.45) is 5.10 Å². The molecule has 0 aliphatic carbocycles. The molecule has 0 heterocycles. The van der Waals surface area contributed by atoms with Crippen molar-refractivity contribution in [1.29, 1.82) is 0 Å². The van der Waals surface area contributed by atoms with E-state index >= 15 is 0 Å². The molecule has 0 spiro atoms. The zero-order chi connectivity index (χ0) is 21.2. The van der Waals surface area contributed by atoms with Gasteiger partial charge in [0.1, 0.15) is 0 Å². The molecule has 154 valence electrons. The summed E-state index contributed by atoms with van der Waals surface area (Å²) in [5.74, 6) is 0.586. The lowest BCUT2D eigenvalue weighted by Gasteiger charge is -2.11. The van der Waals surface area contributed by atoms with Gasteiger partial charge in [0.05, 0.1) is 24.4 Å². The first-order valence-electron chi connectivity index (χ1n) is 9.11. The summed E-state index contributed by atoms with van der Waals surface area (Å²) < 4.78 is 11.6. The second-order valence-electron chi connectivity index (χ2n) is 6.17. The third-order valence-electron chi connectivity index (χ3n) is 3.86. The molecule has 0 unspecified atom stereocenters. The first-order chi connectivity index (χ1) is 13.9. The predicted octanol–water partition coefficient (Wildman–Crippen LogP) is 4.03. The number of nitrogens with one attached hydrogen (secondary N) is 2. The maximum Gasteiger partial charge on any atom is 0.240 e. The van der Waals surface area contributed by atoms with Crippen LogP contribution in [0.3, 0.4) is 0 Å². The van der Waals surface area contributed by atoms with E-state index in [1.54, 1.807) is 19.2 Å². The second kappa shape index (κ2) is 11.2. The van der Waals surface area contributed by atoms with Gasteiger partial charge >= 0.3 is 0 Å². The highest BCUT2D eigenvalue weighted by Crippen LogP contribution is 2.36. The van der Waals surface area contributed by atoms with E-state index in [2.05, 4.69) is 31.8 Å². The van der Waals surface area contributed by atoms with Crippen LogP contribution in [0.1, 0.15) is 30.9 Å². The van der Waals surface area contributed by atoms with Crippen LogP contribution in [0.15, 0.2) is 46.0 Å². The Bertz CT molecular complexity index is 882. The van der Waals surface area contributed by atoms with E-state index in [0.29, 0.717) is 23.8 Å². The van der Waals surface area contributed by atoms with Crippen molar-refractivity contribution in [2.75, 3.05) is 19.0 Å². The molecule has 2 amide bonds. The fraction of sp³-hybridized carbons (Fsp3) is 0.286. The highest BCUT2D eigenvalue weighted by molar-refractivity contribution is 9.10. The quantitative estimate of drug-likeness (QED) is 0.435. The molecular weight excluding hydrogens is 438 g/mol. The van der Waals surface area contributed by atoms with Gasteiger partial charge in [-0.1, -0.05) is 17.7 Å². The monoisotopic (exact) mass is 461 g/mol. The number of rotatable bonds is 9. The van der Waals surface area contributed by atoms with Gasteiger partial charge in [-0.2, -0.15) is 5.10 Å². The van der Waals surface area contributed by atoms with Gasteiger partial charge in [-0.05, 0) is 59.6 Å². The molecule has 0 fully saturated rings. The number of ether oxygens (including phenoxy) is 2. The van der Waals surface area contributed by atoms with E-state index in [0.717, 1.165) is 15.6 Å². The first-order valence-corrected chi connectivity index (χ1v) is 9.91. The molecule has 0 aliphatic heterocycles. The number of methoxy groups -OCH3 is 1. The lowest BCUT2D eigenvalue weighted by Crippen LogP contribution is -2.20. The maximum absolute atomic E-state index is 11.9. The summed E-state index contributed by atoms with van der Waals surface area (Å²) in [4.78, 5) is 23.8. The molecule has 0 bridgehead atoms. The third kappa shape index (κ3) is 7.23. The fourth-order valence-corrected chi connectivity index (χ4v) is 3.00. The van der Waals surface area contributed by atoms with Gasteiger partial charge in [-0.25, -0.2) is 5.43 Å². The number of halogens is 1. The van der Waals surface area contributed by atoms with E-state index in [1.165, 1.54) is 6.21 Å². The Labute approximate surface area is 178 Å². The zero-order valence-corrected chi connectivity index (χ0v) is 18.2. The summed E-state index contributed by atoms with van der Waals surface area (Å²) >= 11 is 3.43. The van der Waals surface area contributed by atoms with E-state index in [-0.39, 0.29) is 24.7 Å². The number of aryl methyl sites for hydroxylation is 1. The Balaban J connectivity index is 1.84. The van der Waals surface area contributed by atoms with Crippen LogP contribution >= 0.6 is 15.9 Å². The molecule has 8 heteroatoms. The smallest absolute Gasteiger partial charge is 0.240 e. The normalized spacial score (nSPS) is 10.6. The Morgan fingerprint density at radius 2 is 1.83 bits per heavy atom. The standard InChI is InChI=1S/C21H24BrN3O4/c1-4-29-21-17(22)11-15(12-18(21)28-3)13-23-25-20(27)10-9-19(26)24-16-7-5-14(2)6-8-16/h5-8,11-13H,4,9-10H2,1-3H3,(H,24,26)(H,25,27). The molecule has 0 aromatic heterocycles. The second-order valence-corrected chi connectivity index (χ2v) is 7.03. The zero-order valence-electron chi connectivity index (χ0n) is 16.6. The van der Waals surface area contributed by atoms with Crippen LogP contribution in [-0.4, -0.2) is 31.7 Å². The van der Waals surface area contributed by atoms with Crippen molar-refractivity contribution in [2.45, 2.75) is 26.7 Å². The highest BCUT2D eigenvalue weighted by atomic mass is 79.9. The van der Waals surface area contributed by atoms with Gasteiger partial charge in [0.15, 0.2) is 11.5 Å².